The number of benzene rings is 1. The highest BCUT2D eigenvalue weighted by atomic mass is 16.2. The van der Waals surface area contributed by atoms with Gasteiger partial charge in [0.2, 0.25) is 5.91 Å². The molecule has 1 aromatic rings. The highest BCUT2D eigenvalue weighted by molar-refractivity contribution is 5.86. The van der Waals surface area contributed by atoms with Crippen LogP contribution >= 0.6 is 0 Å². The molecule has 3 nitrogen and oxygen atoms in total. The molecule has 1 atom stereocenters. The van der Waals surface area contributed by atoms with Crippen LogP contribution in [0.3, 0.4) is 0 Å². The minimum atomic E-state index is -0.689. The van der Waals surface area contributed by atoms with E-state index < -0.39 is 5.54 Å². The van der Waals surface area contributed by atoms with Gasteiger partial charge in [-0.1, -0.05) is 24.3 Å². The van der Waals surface area contributed by atoms with Gasteiger partial charge in [0.25, 0.3) is 0 Å². The van der Waals surface area contributed by atoms with Gasteiger partial charge in [-0.25, -0.2) is 0 Å². The maximum atomic E-state index is 12.0. The van der Waals surface area contributed by atoms with Crippen molar-refractivity contribution < 1.29 is 4.79 Å². The monoisotopic (exact) mass is 246 g/mol. The van der Waals surface area contributed by atoms with E-state index in [2.05, 4.69) is 24.4 Å². The molecule has 0 bridgehead atoms. The summed E-state index contributed by atoms with van der Waals surface area (Å²) in [6.45, 7) is 4.59. The molecule has 1 aliphatic carbocycles. The number of hydrogen-bond acceptors (Lipinski definition) is 2. The summed E-state index contributed by atoms with van der Waals surface area (Å²) in [7, 11) is 0. The van der Waals surface area contributed by atoms with Gasteiger partial charge in [-0.2, -0.15) is 0 Å². The predicted octanol–water partition coefficient (Wildman–Crippen LogP) is 1.78. The van der Waals surface area contributed by atoms with Crippen LogP contribution < -0.4 is 11.1 Å². The van der Waals surface area contributed by atoms with Gasteiger partial charge in [0, 0.05) is 6.54 Å². The van der Waals surface area contributed by atoms with Gasteiger partial charge in [-0.3, -0.25) is 4.79 Å². The number of nitrogens with two attached hydrogens (primary N) is 1. The van der Waals surface area contributed by atoms with Crippen molar-refractivity contribution >= 4 is 5.91 Å². The average molecular weight is 246 g/mol. The molecule has 1 amide bonds. The van der Waals surface area contributed by atoms with E-state index >= 15 is 0 Å². The first-order chi connectivity index (χ1) is 8.51. The fraction of sp³-hybridized carbons (Fsp3) is 0.533. The third-order valence-electron chi connectivity index (χ3n) is 3.86. The summed E-state index contributed by atoms with van der Waals surface area (Å²) < 4.78 is 0. The molecule has 1 unspecified atom stereocenters. The Hall–Kier alpha value is -1.35. The molecule has 98 valence electrons. The van der Waals surface area contributed by atoms with E-state index in [0.717, 1.165) is 19.3 Å². The van der Waals surface area contributed by atoms with Crippen LogP contribution in [0.2, 0.25) is 0 Å². The van der Waals surface area contributed by atoms with Crippen LogP contribution in [-0.2, 0) is 11.2 Å². The summed E-state index contributed by atoms with van der Waals surface area (Å²) >= 11 is 0. The summed E-state index contributed by atoms with van der Waals surface area (Å²) in [6.07, 6.45) is 3.02. The van der Waals surface area contributed by atoms with E-state index in [0.29, 0.717) is 12.5 Å². The molecular weight excluding hydrogens is 224 g/mol. The second-order valence-electron chi connectivity index (χ2n) is 5.49. The minimum absolute atomic E-state index is 0.0152. The third kappa shape index (κ3) is 2.91. The Balaban J connectivity index is 1.82. The molecule has 1 aromatic carbocycles. The van der Waals surface area contributed by atoms with Crippen LogP contribution in [0.1, 0.15) is 30.9 Å². The molecule has 2 rings (SSSR count). The molecule has 0 radical (unpaired) electrons. The highest BCUT2D eigenvalue weighted by Crippen LogP contribution is 2.38. The average Bonchev–Trinajstić information content (AvgIpc) is 3.15. The molecule has 0 heterocycles. The first-order valence-electron chi connectivity index (χ1n) is 6.63. The SMILES string of the molecule is Cc1ccccc1CCNC(=O)C(C)(N)C1CC1. The van der Waals surface area contributed by atoms with Gasteiger partial charge in [-0.05, 0) is 50.2 Å². The minimum Gasteiger partial charge on any atom is -0.354 e. The maximum absolute atomic E-state index is 12.0. The van der Waals surface area contributed by atoms with Gasteiger partial charge in [0.05, 0.1) is 5.54 Å². The maximum Gasteiger partial charge on any atom is 0.240 e. The normalized spacial score (nSPS) is 18.2. The van der Waals surface area contributed by atoms with Gasteiger partial charge in [0.1, 0.15) is 0 Å². The van der Waals surface area contributed by atoms with Crippen molar-refractivity contribution in [3.05, 3.63) is 35.4 Å². The first-order valence-corrected chi connectivity index (χ1v) is 6.63. The van der Waals surface area contributed by atoms with Crippen molar-refractivity contribution in [3.8, 4) is 0 Å². The quantitative estimate of drug-likeness (QED) is 0.832. The zero-order valence-corrected chi connectivity index (χ0v) is 11.2. The third-order valence-corrected chi connectivity index (χ3v) is 3.86. The number of hydrogen-bond donors (Lipinski definition) is 2. The molecule has 0 aliphatic heterocycles. The number of carbonyl (C=O) groups excluding carboxylic acids is 1. The predicted molar refractivity (Wildman–Crippen MR) is 73.2 cm³/mol. The van der Waals surface area contributed by atoms with Crippen LogP contribution in [0.4, 0.5) is 0 Å². The second kappa shape index (κ2) is 5.11. The van der Waals surface area contributed by atoms with Crippen molar-refractivity contribution in [2.24, 2.45) is 11.7 Å². The van der Waals surface area contributed by atoms with Crippen molar-refractivity contribution in [1.82, 2.24) is 5.32 Å². The first kappa shape index (κ1) is 13.1. The molecular formula is C15H22N2O. The summed E-state index contributed by atoms with van der Waals surface area (Å²) in [4.78, 5) is 12.0. The number of aryl methyl sites for hydroxylation is 1. The number of carbonyl (C=O) groups is 1. The Morgan fingerprint density at radius 3 is 2.72 bits per heavy atom. The van der Waals surface area contributed by atoms with Gasteiger partial charge >= 0.3 is 0 Å². The summed E-state index contributed by atoms with van der Waals surface area (Å²) in [5, 5.41) is 2.96. The zero-order valence-electron chi connectivity index (χ0n) is 11.2. The number of nitrogens with one attached hydrogen (secondary N) is 1. The Morgan fingerprint density at radius 2 is 2.11 bits per heavy atom. The van der Waals surface area contributed by atoms with E-state index in [4.69, 9.17) is 5.73 Å². The van der Waals surface area contributed by atoms with Crippen molar-refractivity contribution in [3.63, 3.8) is 0 Å². The number of amides is 1. The molecule has 1 aliphatic rings. The molecule has 3 heteroatoms. The van der Waals surface area contributed by atoms with Crippen LogP contribution in [0.15, 0.2) is 24.3 Å². The Kier molecular flexibility index (Phi) is 3.71. The van der Waals surface area contributed by atoms with Crippen molar-refractivity contribution in [1.29, 1.82) is 0 Å². The second-order valence-corrected chi connectivity index (χ2v) is 5.49. The molecule has 0 saturated heterocycles. The lowest BCUT2D eigenvalue weighted by atomic mass is 9.96. The van der Waals surface area contributed by atoms with E-state index in [-0.39, 0.29) is 5.91 Å². The molecule has 1 fully saturated rings. The standard InChI is InChI=1S/C15H22N2O/c1-11-5-3-4-6-12(11)9-10-17-14(18)15(2,16)13-7-8-13/h3-6,13H,7-10,16H2,1-2H3,(H,17,18). The van der Waals surface area contributed by atoms with Crippen LogP contribution in [0.5, 0.6) is 0 Å². The lowest BCUT2D eigenvalue weighted by molar-refractivity contribution is -0.126. The van der Waals surface area contributed by atoms with Crippen molar-refractivity contribution in [2.75, 3.05) is 6.54 Å². The van der Waals surface area contributed by atoms with Gasteiger partial charge < -0.3 is 11.1 Å². The lowest BCUT2D eigenvalue weighted by Gasteiger charge is -2.23. The molecule has 1 saturated carbocycles. The molecule has 0 spiro atoms. The van der Waals surface area contributed by atoms with Gasteiger partial charge in [-0.15, -0.1) is 0 Å². The van der Waals surface area contributed by atoms with E-state index in [9.17, 15) is 4.79 Å². The van der Waals surface area contributed by atoms with Crippen LogP contribution in [0, 0.1) is 12.8 Å². The van der Waals surface area contributed by atoms with E-state index in [1.165, 1.54) is 11.1 Å². The zero-order chi connectivity index (χ0) is 13.2. The summed E-state index contributed by atoms with van der Waals surface area (Å²) in [6, 6.07) is 8.25. The largest absolute Gasteiger partial charge is 0.354 e. The molecule has 3 N–H and O–H groups in total. The Labute approximate surface area is 109 Å². The molecule has 0 aromatic heterocycles. The van der Waals surface area contributed by atoms with Crippen molar-refractivity contribution in [2.45, 2.75) is 38.6 Å². The Bertz CT molecular complexity index is 436. The summed E-state index contributed by atoms with van der Waals surface area (Å²) in [5.41, 5.74) is 7.92. The topological polar surface area (TPSA) is 55.1 Å². The van der Waals surface area contributed by atoms with Crippen LogP contribution in [-0.4, -0.2) is 18.0 Å². The highest BCUT2D eigenvalue weighted by Gasteiger charge is 2.43. The fourth-order valence-corrected chi connectivity index (χ4v) is 2.26. The smallest absolute Gasteiger partial charge is 0.240 e. The number of rotatable bonds is 5. The van der Waals surface area contributed by atoms with Gasteiger partial charge in [0.15, 0.2) is 0 Å². The molecule has 18 heavy (non-hydrogen) atoms. The van der Waals surface area contributed by atoms with E-state index in [1.54, 1.807) is 0 Å². The van der Waals surface area contributed by atoms with E-state index in [1.807, 2.05) is 19.1 Å². The lowest BCUT2D eigenvalue weighted by Crippen LogP contribution is -2.53. The fourth-order valence-electron chi connectivity index (χ4n) is 2.26. The van der Waals surface area contributed by atoms with Crippen LogP contribution in [0.25, 0.3) is 0 Å². The summed E-state index contributed by atoms with van der Waals surface area (Å²) in [5.74, 6) is 0.356. The Morgan fingerprint density at radius 1 is 1.44 bits per heavy atom.